The number of methoxy groups -OCH3 is 1. The van der Waals surface area contributed by atoms with Crippen LogP contribution in [0.2, 0.25) is 0 Å². The highest BCUT2D eigenvalue weighted by Crippen LogP contribution is 2.28. The summed E-state index contributed by atoms with van der Waals surface area (Å²) in [6, 6.07) is 11.5. The number of hydrogen-bond acceptors (Lipinski definition) is 5. The number of ether oxygens (including phenoxy) is 2. The molecule has 3 amide bonds. The van der Waals surface area contributed by atoms with E-state index in [1.54, 1.807) is 43.3 Å². The van der Waals surface area contributed by atoms with Crippen LogP contribution in [-0.4, -0.2) is 38.5 Å². The maximum Gasteiger partial charge on any atom is 0.257 e. The highest BCUT2D eigenvalue weighted by atomic mass is 16.5. The molecule has 0 unspecified atom stereocenters. The monoisotopic (exact) mass is 385 g/mol. The van der Waals surface area contributed by atoms with Crippen LogP contribution < -0.4 is 25.4 Å². The molecule has 0 saturated heterocycles. The van der Waals surface area contributed by atoms with Gasteiger partial charge < -0.3 is 25.4 Å². The summed E-state index contributed by atoms with van der Waals surface area (Å²) in [5, 5.41) is 7.96. The molecule has 8 heteroatoms. The summed E-state index contributed by atoms with van der Waals surface area (Å²) < 4.78 is 10.6. The molecule has 0 aliphatic rings. The smallest absolute Gasteiger partial charge is 0.257 e. The molecule has 0 bridgehead atoms. The molecule has 0 heterocycles. The molecular weight excluding hydrogens is 362 g/mol. The Hall–Kier alpha value is -3.55. The van der Waals surface area contributed by atoms with Gasteiger partial charge in [-0.3, -0.25) is 14.4 Å². The van der Waals surface area contributed by atoms with E-state index < -0.39 is 0 Å². The maximum atomic E-state index is 12.5. The third-order valence-corrected chi connectivity index (χ3v) is 3.81. The van der Waals surface area contributed by atoms with Gasteiger partial charge in [0, 0.05) is 30.4 Å². The molecular formula is C20H23N3O5. The molecule has 0 radical (unpaired) electrons. The molecule has 0 aliphatic heterocycles. The van der Waals surface area contributed by atoms with Crippen molar-refractivity contribution >= 4 is 29.1 Å². The molecule has 0 atom stereocenters. The third-order valence-electron chi connectivity index (χ3n) is 3.81. The molecule has 0 fully saturated rings. The average Bonchev–Trinajstić information content (AvgIpc) is 2.72. The number of amides is 3. The van der Waals surface area contributed by atoms with Crippen LogP contribution in [-0.2, 0) is 9.59 Å². The van der Waals surface area contributed by atoms with Gasteiger partial charge in [-0.05, 0) is 42.5 Å². The molecule has 8 nitrogen and oxygen atoms in total. The number of rotatable bonds is 8. The number of hydrogen-bond donors (Lipinski definition) is 3. The number of nitrogens with one attached hydrogen (secondary N) is 3. The molecule has 28 heavy (non-hydrogen) atoms. The van der Waals surface area contributed by atoms with Crippen molar-refractivity contribution in [1.82, 2.24) is 5.32 Å². The molecule has 2 aromatic carbocycles. The van der Waals surface area contributed by atoms with E-state index in [-0.39, 0.29) is 24.3 Å². The van der Waals surface area contributed by atoms with Gasteiger partial charge in [-0.15, -0.1) is 0 Å². The van der Waals surface area contributed by atoms with Crippen molar-refractivity contribution < 1.29 is 23.9 Å². The molecule has 0 spiro atoms. The number of benzene rings is 2. The van der Waals surface area contributed by atoms with E-state index in [0.717, 1.165) is 0 Å². The van der Waals surface area contributed by atoms with Crippen molar-refractivity contribution in [3.8, 4) is 11.5 Å². The minimum Gasteiger partial charge on any atom is -0.493 e. The third kappa shape index (κ3) is 5.73. The second-order valence-corrected chi connectivity index (χ2v) is 5.76. The summed E-state index contributed by atoms with van der Waals surface area (Å²) in [6.45, 7) is 1.62. The molecule has 0 aliphatic carbocycles. The van der Waals surface area contributed by atoms with Crippen LogP contribution in [0.4, 0.5) is 11.4 Å². The van der Waals surface area contributed by atoms with Gasteiger partial charge in [0.15, 0.2) is 18.1 Å². The number of carbonyl (C=O) groups excluding carboxylic acids is 3. The molecule has 2 rings (SSSR count). The second kappa shape index (κ2) is 9.96. The predicted molar refractivity (Wildman–Crippen MR) is 106 cm³/mol. The Bertz CT molecular complexity index is 849. The average molecular weight is 385 g/mol. The van der Waals surface area contributed by atoms with E-state index in [9.17, 15) is 14.4 Å². The first-order valence-corrected chi connectivity index (χ1v) is 8.69. The van der Waals surface area contributed by atoms with Crippen LogP contribution >= 0.6 is 0 Å². The van der Waals surface area contributed by atoms with Gasteiger partial charge in [-0.1, -0.05) is 6.92 Å². The summed E-state index contributed by atoms with van der Waals surface area (Å²) in [5.41, 5.74) is 1.61. The first kappa shape index (κ1) is 20.8. The standard InChI is InChI=1S/C20H23N3O5/c1-4-18(24)22-14-6-8-15(9-7-14)23-20(26)13-5-10-16(17(11-13)27-3)28-12-19(25)21-2/h5-11H,4,12H2,1-3H3,(H,21,25)(H,22,24)(H,23,26). The molecule has 148 valence electrons. The van der Waals surface area contributed by atoms with Crippen LogP contribution in [0.15, 0.2) is 42.5 Å². The van der Waals surface area contributed by atoms with Gasteiger partial charge in [0.05, 0.1) is 7.11 Å². The summed E-state index contributed by atoms with van der Waals surface area (Å²) in [4.78, 5) is 35.2. The SMILES string of the molecule is CCC(=O)Nc1ccc(NC(=O)c2ccc(OCC(=O)NC)c(OC)c2)cc1. The largest absolute Gasteiger partial charge is 0.493 e. The first-order valence-electron chi connectivity index (χ1n) is 8.69. The van der Waals surface area contributed by atoms with Gasteiger partial charge in [-0.2, -0.15) is 0 Å². The van der Waals surface area contributed by atoms with Gasteiger partial charge >= 0.3 is 0 Å². The molecule has 0 saturated carbocycles. The highest BCUT2D eigenvalue weighted by molar-refractivity contribution is 6.04. The van der Waals surface area contributed by atoms with E-state index >= 15 is 0 Å². The molecule has 0 aromatic heterocycles. The lowest BCUT2D eigenvalue weighted by Gasteiger charge is -2.12. The van der Waals surface area contributed by atoms with Crippen molar-refractivity contribution in [2.45, 2.75) is 13.3 Å². The van der Waals surface area contributed by atoms with E-state index in [4.69, 9.17) is 9.47 Å². The summed E-state index contributed by atoms with van der Waals surface area (Å²) >= 11 is 0. The topological polar surface area (TPSA) is 106 Å². The van der Waals surface area contributed by atoms with Crippen molar-refractivity contribution in [1.29, 1.82) is 0 Å². The van der Waals surface area contributed by atoms with Crippen LogP contribution in [0.5, 0.6) is 11.5 Å². The highest BCUT2D eigenvalue weighted by Gasteiger charge is 2.12. The second-order valence-electron chi connectivity index (χ2n) is 5.76. The van der Waals surface area contributed by atoms with Gasteiger partial charge in [-0.25, -0.2) is 0 Å². The number of likely N-dealkylation sites (N-methyl/N-ethyl adjacent to an activating group) is 1. The Morgan fingerprint density at radius 1 is 0.893 bits per heavy atom. The van der Waals surface area contributed by atoms with Crippen molar-refractivity contribution in [2.75, 3.05) is 31.4 Å². The lowest BCUT2D eigenvalue weighted by atomic mass is 10.1. The lowest BCUT2D eigenvalue weighted by Crippen LogP contribution is -2.25. The number of anilines is 2. The van der Waals surface area contributed by atoms with Crippen molar-refractivity contribution in [2.24, 2.45) is 0 Å². The summed E-state index contributed by atoms with van der Waals surface area (Å²) in [7, 11) is 2.97. The Kier molecular flexibility index (Phi) is 7.38. The van der Waals surface area contributed by atoms with Gasteiger partial charge in [0.25, 0.3) is 11.8 Å². The van der Waals surface area contributed by atoms with Crippen LogP contribution in [0.25, 0.3) is 0 Å². The minimum absolute atomic E-state index is 0.0809. The number of carbonyl (C=O) groups is 3. The van der Waals surface area contributed by atoms with Crippen LogP contribution in [0, 0.1) is 0 Å². The normalized spacial score (nSPS) is 9.96. The fourth-order valence-corrected chi connectivity index (χ4v) is 2.23. The van der Waals surface area contributed by atoms with Crippen molar-refractivity contribution in [3.63, 3.8) is 0 Å². The zero-order valence-electron chi connectivity index (χ0n) is 16.0. The quantitative estimate of drug-likeness (QED) is 0.647. The van der Waals surface area contributed by atoms with E-state index in [0.29, 0.717) is 34.9 Å². The molecule has 2 aromatic rings. The summed E-state index contributed by atoms with van der Waals surface area (Å²) in [5.74, 6) is 0.0133. The predicted octanol–water partition coefficient (Wildman–Crippen LogP) is 2.42. The van der Waals surface area contributed by atoms with Gasteiger partial charge in [0.2, 0.25) is 5.91 Å². The summed E-state index contributed by atoms with van der Waals surface area (Å²) in [6.07, 6.45) is 0.392. The van der Waals surface area contributed by atoms with Gasteiger partial charge in [0.1, 0.15) is 0 Å². The van der Waals surface area contributed by atoms with E-state index in [1.165, 1.54) is 20.2 Å². The maximum absolute atomic E-state index is 12.5. The Morgan fingerprint density at radius 3 is 2.11 bits per heavy atom. The van der Waals surface area contributed by atoms with Crippen LogP contribution in [0.3, 0.4) is 0 Å². The Labute approximate surface area is 163 Å². The fourth-order valence-electron chi connectivity index (χ4n) is 2.23. The molecule has 3 N–H and O–H groups in total. The van der Waals surface area contributed by atoms with Crippen molar-refractivity contribution in [3.05, 3.63) is 48.0 Å². The minimum atomic E-state index is -0.332. The zero-order valence-corrected chi connectivity index (χ0v) is 16.0. The lowest BCUT2D eigenvalue weighted by molar-refractivity contribution is -0.122. The first-order chi connectivity index (χ1) is 13.5. The van der Waals surface area contributed by atoms with E-state index in [2.05, 4.69) is 16.0 Å². The van der Waals surface area contributed by atoms with Crippen LogP contribution in [0.1, 0.15) is 23.7 Å². The Balaban J connectivity index is 2.05. The zero-order chi connectivity index (χ0) is 20.5. The fraction of sp³-hybridized carbons (Fsp3) is 0.250. The Morgan fingerprint density at radius 2 is 1.54 bits per heavy atom. The van der Waals surface area contributed by atoms with E-state index in [1.807, 2.05) is 0 Å².